The normalized spacial score (nSPS) is 25.0. The number of epoxide rings is 1. The molecule has 0 radical (unpaired) electrons. The third-order valence-electron chi connectivity index (χ3n) is 16.3. The number of carbonyl (C=O) groups is 10. The standard InChI is InChI=1S/C61H79Cl2FN8O15/c1-32(2)53(68-48(74)19-12-11-13-23-72-49(75)20-21-50(72)76)55(78)67-42(17-15-22-66-58(65)81)44(73)28-38-27-40(62)39(29-41(38)64)56(79)70(8)36(6)57(80)86-47-30-51(77)71(9)43-26-37(25-34(4)52(43)63)24-33(3)16-14-18-46(84-10)61(83)31-45(85-59(82)69-61)35(5)54-60(47,7)87-54/h14,16,18,20-21,25-27,29,32,35-36,42,45-47,53-54,83H,11-13,15,17,19,22-24,28,30-31H2,1-10H3,(H,67,78)(H,68,74)(H,69,82)(H3,65,66,81)/b18-14+,33-16+/t35-,36+,42+,45+,46-,47+,53+,54+,60+,61+/m1/s1. The number of aryl methyl sites for hydroxylation is 1. The van der Waals surface area contributed by atoms with Gasteiger partial charge in [-0.15, -0.1) is 0 Å². The molecule has 0 unspecified atom stereocenters. The lowest BCUT2D eigenvalue weighted by Gasteiger charge is -2.42. The molecule has 9 amide bonds. The SMILES string of the molecule is CO[C@@H]1/C=C/C=C(\C)Cc2cc(C)c(Cl)c(c2)N(C)C(=O)C[C@H](OC(=O)[C@H](C)N(C)C(=O)c2cc(F)c(CC(=O)[C@H](CCCNC(N)=O)NC(=O)[C@@H](NC(=O)CCCCCN3C(=O)C=CC3=O)C(C)C)cc2Cl)[C@]2(C)O[C@H]2[C@H](C)[C@@H]2C[C@@]1(O)NC(=O)O2. The van der Waals surface area contributed by atoms with Gasteiger partial charge in [0.2, 0.25) is 17.7 Å². The Kier molecular flexibility index (Phi) is 23.5. The first-order valence-corrected chi connectivity index (χ1v) is 29.6. The number of halogens is 3. The molecule has 7 N–H and O–H groups in total. The van der Waals surface area contributed by atoms with Crippen LogP contribution in [0.25, 0.3) is 0 Å². The van der Waals surface area contributed by atoms with E-state index in [-0.39, 0.29) is 49.4 Å². The number of benzene rings is 2. The highest BCUT2D eigenvalue weighted by molar-refractivity contribution is 6.35. The summed E-state index contributed by atoms with van der Waals surface area (Å²) in [6.07, 6.45) is 3.13. The van der Waals surface area contributed by atoms with Crippen molar-refractivity contribution in [3.63, 3.8) is 0 Å². The molecule has 2 saturated heterocycles. The number of nitrogens with two attached hydrogens (primary N) is 1. The maximum Gasteiger partial charge on any atom is 0.409 e. The Labute approximate surface area is 515 Å². The van der Waals surface area contributed by atoms with Crippen molar-refractivity contribution in [2.45, 2.75) is 167 Å². The second kappa shape index (κ2) is 29.6. The number of alkyl carbamates (subject to hydrolysis) is 1. The first-order chi connectivity index (χ1) is 40.9. The zero-order valence-corrected chi connectivity index (χ0v) is 52.1. The molecule has 474 valence electrons. The number of hydrogen-bond acceptors (Lipinski definition) is 15. The number of imide groups is 1. The van der Waals surface area contributed by atoms with Gasteiger partial charge in [-0.3, -0.25) is 43.8 Å². The number of fused-ring (bicyclic) bond motifs is 5. The molecule has 4 aliphatic heterocycles. The van der Waals surface area contributed by atoms with E-state index >= 15 is 4.39 Å². The van der Waals surface area contributed by atoms with Crippen LogP contribution in [0.5, 0.6) is 0 Å². The summed E-state index contributed by atoms with van der Waals surface area (Å²) >= 11 is 13.5. The van der Waals surface area contributed by atoms with Crippen molar-refractivity contribution in [1.82, 2.24) is 31.1 Å². The van der Waals surface area contributed by atoms with Crippen molar-refractivity contribution in [1.29, 1.82) is 0 Å². The summed E-state index contributed by atoms with van der Waals surface area (Å²) in [5.41, 5.74) is 4.04. The summed E-state index contributed by atoms with van der Waals surface area (Å²) in [4.78, 5) is 136. The van der Waals surface area contributed by atoms with Crippen LogP contribution in [0.3, 0.4) is 0 Å². The van der Waals surface area contributed by atoms with Gasteiger partial charge in [-0.2, -0.15) is 0 Å². The molecule has 2 fully saturated rings. The Hall–Kier alpha value is -7.25. The number of aliphatic hydroxyl groups is 1. The van der Waals surface area contributed by atoms with Gasteiger partial charge in [0.05, 0.1) is 39.9 Å². The Bertz CT molecular complexity index is 3090. The van der Waals surface area contributed by atoms with Gasteiger partial charge in [-0.25, -0.2) is 18.8 Å². The number of methoxy groups -OCH3 is 1. The van der Waals surface area contributed by atoms with E-state index in [1.165, 1.54) is 45.2 Å². The summed E-state index contributed by atoms with van der Waals surface area (Å²) in [5.74, 6) is -7.27. The topological polar surface area (TPSA) is 315 Å². The molecular weight excluding hydrogens is 1170 g/mol. The number of nitrogens with one attached hydrogen (secondary N) is 4. The molecule has 26 heteroatoms. The number of urea groups is 1. The molecule has 6 rings (SSSR count). The van der Waals surface area contributed by atoms with E-state index in [9.17, 15) is 53.1 Å². The molecule has 0 aliphatic carbocycles. The quantitative estimate of drug-likeness (QED) is 0.0362. The zero-order valence-electron chi connectivity index (χ0n) is 50.6. The van der Waals surface area contributed by atoms with Gasteiger partial charge < -0.3 is 55.5 Å². The van der Waals surface area contributed by atoms with E-state index in [2.05, 4.69) is 21.3 Å². The lowest BCUT2D eigenvalue weighted by molar-refractivity contribution is -0.158. The van der Waals surface area contributed by atoms with Crippen molar-refractivity contribution in [3.8, 4) is 0 Å². The van der Waals surface area contributed by atoms with Crippen LogP contribution in [0.1, 0.15) is 120 Å². The number of esters is 1. The highest BCUT2D eigenvalue weighted by Gasteiger charge is 2.64. The number of ketones is 1. The van der Waals surface area contributed by atoms with E-state index < -0.39 is 149 Å². The van der Waals surface area contributed by atoms with Gasteiger partial charge in [-0.1, -0.05) is 80.3 Å². The fraction of sp³-hybridized carbons (Fsp3) is 0.541. The first-order valence-electron chi connectivity index (χ1n) is 28.9. The van der Waals surface area contributed by atoms with Gasteiger partial charge in [0.1, 0.15) is 41.8 Å². The third kappa shape index (κ3) is 17.3. The van der Waals surface area contributed by atoms with Crippen molar-refractivity contribution < 1.29 is 76.4 Å². The molecule has 2 aromatic carbocycles. The second-order valence-corrected chi connectivity index (χ2v) is 24.0. The van der Waals surface area contributed by atoms with Crippen LogP contribution in [0.4, 0.5) is 19.7 Å². The molecule has 2 aromatic rings. The minimum absolute atomic E-state index is 0.0227. The molecule has 0 saturated carbocycles. The van der Waals surface area contributed by atoms with Crippen molar-refractivity contribution >= 4 is 88.2 Å². The average Bonchev–Trinajstić information content (AvgIpc) is 1.61. The summed E-state index contributed by atoms with van der Waals surface area (Å²) in [5, 5.41) is 22.2. The van der Waals surface area contributed by atoms with Crippen LogP contribution in [0, 0.1) is 24.6 Å². The number of carbonyl (C=O) groups excluding carboxylic acids is 10. The number of rotatable bonds is 22. The summed E-state index contributed by atoms with van der Waals surface area (Å²) in [6, 6.07) is 0.947. The van der Waals surface area contributed by atoms with Crippen LogP contribution in [-0.2, 0) is 65.4 Å². The number of primary amides is 1. The largest absolute Gasteiger partial charge is 0.457 e. The summed E-state index contributed by atoms with van der Waals surface area (Å²) < 4.78 is 40.1. The first kappa shape index (κ1) is 68.9. The van der Waals surface area contributed by atoms with Crippen LogP contribution in [0.2, 0.25) is 10.0 Å². The van der Waals surface area contributed by atoms with Gasteiger partial charge >= 0.3 is 18.1 Å². The van der Waals surface area contributed by atoms with E-state index in [0.717, 1.165) is 33.1 Å². The molecule has 4 bridgehead atoms. The zero-order chi connectivity index (χ0) is 64.4. The van der Waals surface area contributed by atoms with E-state index in [1.807, 2.05) is 19.1 Å². The van der Waals surface area contributed by atoms with Crippen LogP contribution in [-0.4, -0.2) is 162 Å². The second-order valence-electron chi connectivity index (χ2n) is 23.3. The van der Waals surface area contributed by atoms with Crippen LogP contribution < -0.4 is 31.9 Å². The highest BCUT2D eigenvalue weighted by Crippen LogP contribution is 2.49. The van der Waals surface area contributed by atoms with Crippen LogP contribution in [0.15, 0.2) is 60.2 Å². The van der Waals surface area contributed by atoms with Crippen LogP contribution >= 0.6 is 23.2 Å². The van der Waals surface area contributed by atoms with Gasteiger partial charge in [-0.05, 0) is 101 Å². The lowest BCUT2D eigenvalue weighted by Crippen LogP contribution is -2.63. The van der Waals surface area contributed by atoms with E-state index in [4.69, 9.17) is 47.9 Å². The molecule has 10 atom stereocenters. The number of allylic oxidation sites excluding steroid dienone is 3. The predicted molar refractivity (Wildman–Crippen MR) is 318 cm³/mol. The molecule has 0 aromatic heterocycles. The number of ether oxygens (including phenoxy) is 4. The number of nitrogens with zero attached hydrogens (tertiary/aromatic N) is 3. The van der Waals surface area contributed by atoms with Gasteiger partial charge in [0.25, 0.3) is 17.7 Å². The highest BCUT2D eigenvalue weighted by atomic mass is 35.5. The lowest BCUT2D eigenvalue weighted by atomic mass is 9.83. The Morgan fingerprint density at radius 2 is 1.68 bits per heavy atom. The van der Waals surface area contributed by atoms with Crippen molar-refractivity contribution in [2.24, 2.45) is 17.6 Å². The number of Topliss-reactive ketones (excluding diaryl/α,β-unsaturated/α-hetero) is 1. The Morgan fingerprint density at radius 1 is 0.989 bits per heavy atom. The number of anilines is 1. The Morgan fingerprint density at radius 3 is 2.33 bits per heavy atom. The summed E-state index contributed by atoms with van der Waals surface area (Å²) in [6.45, 7) is 12.0. The third-order valence-corrected chi connectivity index (χ3v) is 17.1. The van der Waals surface area contributed by atoms with Crippen molar-refractivity contribution in [2.75, 3.05) is 39.2 Å². The molecule has 87 heavy (non-hydrogen) atoms. The number of unbranched alkanes of at least 4 members (excludes halogenated alkanes) is 2. The summed E-state index contributed by atoms with van der Waals surface area (Å²) in [7, 11) is 4.18. The molecule has 23 nitrogen and oxygen atoms in total. The fourth-order valence-corrected chi connectivity index (χ4v) is 11.4. The maximum absolute atomic E-state index is 16.2. The molecule has 4 heterocycles. The molecule has 4 aliphatic rings. The minimum atomic E-state index is -1.93. The number of hydrogen-bond donors (Lipinski definition) is 6. The predicted octanol–water partition coefficient (Wildman–Crippen LogP) is 5.59. The smallest absolute Gasteiger partial charge is 0.409 e. The van der Waals surface area contributed by atoms with Crippen molar-refractivity contribution in [3.05, 3.63) is 98.3 Å². The van der Waals surface area contributed by atoms with E-state index in [1.54, 1.807) is 52.8 Å². The monoisotopic (exact) mass is 1250 g/mol. The van der Waals surface area contributed by atoms with Gasteiger partial charge in [0, 0.05) is 71.6 Å². The number of amides is 9. The molecular formula is C61H79Cl2FN8O15. The molecule has 0 spiro atoms. The average molecular weight is 1250 g/mol. The van der Waals surface area contributed by atoms with Gasteiger partial charge in [0.15, 0.2) is 11.5 Å². The maximum atomic E-state index is 16.2. The number of likely N-dealkylation sites (N-methyl/N-ethyl adjacent to an activating group) is 1. The fourth-order valence-electron chi connectivity index (χ4n) is 10.9. The Balaban J connectivity index is 1.17. The minimum Gasteiger partial charge on any atom is -0.457 e. The van der Waals surface area contributed by atoms with E-state index in [0.29, 0.717) is 42.0 Å².